The van der Waals surface area contributed by atoms with Crippen LogP contribution < -0.4 is 5.73 Å². The van der Waals surface area contributed by atoms with Crippen LogP contribution in [0.4, 0.5) is 11.4 Å². The van der Waals surface area contributed by atoms with Gasteiger partial charge in [0.2, 0.25) is 0 Å². The Labute approximate surface area is 74.5 Å². The molecule has 0 fully saturated rings. The highest BCUT2D eigenvalue weighted by molar-refractivity contribution is 5.63. The molecule has 5 nitrogen and oxygen atoms in total. The lowest BCUT2D eigenvalue weighted by molar-refractivity contribution is -0.385. The smallest absolute Gasteiger partial charge is 0.273 e. The van der Waals surface area contributed by atoms with Crippen molar-refractivity contribution in [2.24, 2.45) is 0 Å². The molecule has 1 aromatic rings. The van der Waals surface area contributed by atoms with Gasteiger partial charge in [-0.05, 0) is 13.0 Å². The molecule has 0 heterocycles. The maximum atomic E-state index is 10.5. The predicted molar refractivity (Wildman–Crippen MR) is 47.0 cm³/mol. The van der Waals surface area contributed by atoms with Gasteiger partial charge in [-0.3, -0.25) is 10.1 Å². The maximum Gasteiger partial charge on any atom is 0.273 e. The van der Waals surface area contributed by atoms with Crippen molar-refractivity contribution in [2.45, 2.75) is 6.92 Å². The Kier molecular flexibility index (Phi) is 2.15. The van der Waals surface area contributed by atoms with Crippen LogP contribution in [0.2, 0.25) is 0 Å². The lowest BCUT2D eigenvalue weighted by atomic mass is 10.1. The Hall–Kier alpha value is -2.09. The number of nitro benzene ring substituents is 1. The average molecular weight is 177 g/mol. The van der Waals surface area contributed by atoms with Crippen molar-refractivity contribution in [3.63, 3.8) is 0 Å². The van der Waals surface area contributed by atoms with E-state index in [2.05, 4.69) is 0 Å². The number of hydrogen-bond acceptors (Lipinski definition) is 4. The average Bonchev–Trinajstić information content (AvgIpc) is 2.04. The van der Waals surface area contributed by atoms with Gasteiger partial charge in [0.25, 0.3) is 5.69 Å². The molecule has 0 atom stereocenters. The maximum absolute atomic E-state index is 10.5. The zero-order valence-electron chi connectivity index (χ0n) is 6.94. The first-order chi connectivity index (χ1) is 6.07. The van der Waals surface area contributed by atoms with Crippen LogP contribution in [0.3, 0.4) is 0 Å². The fraction of sp³-hybridized carbons (Fsp3) is 0.125. The Balaban J connectivity index is 3.47. The summed E-state index contributed by atoms with van der Waals surface area (Å²) in [5.74, 6) is 0. The molecule has 2 N–H and O–H groups in total. The van der Waals surface area contributed by atoms with E-state index in [4.69, 9.17) is 11.0 Å². The fourth-order valence-electron chi connectivity index (χ4n) is 1.07. The van der Waals surface area contributed by atoms with Gasteiger partial charge in [0.15, 0.2) is 0 Å². The third kappa shape index (κ3) is 1.42. The number of nitrogen functional groups attached to an aromatic ring is 1. The highest BCUT2D eigenvalue weighted by Crippen LogP contribution is 2.25. The van der Waals surface area contributed by atoms with Crippen LogP contribution >= 0.6 is 0 Å². The van der Waals surface area contributed by atoms with Crippen LogP contribution in [-0.2, 0) is 0 Å². The van der Waals surface area contributed by atoms with Gasteiger partial charge in [-0.2, -0.15) is 5.26 Å². The normalized spacial score (nSPS) is 9.23. The van der Waals surface area contributed by atoms with E-state index in [1.54, 1.807) is 0 Å². The van der Waals surface area contributed by atoms with Crippen LogP contribution in [0.25, 0.3) is 0 Å². The highest BCUT2D eigenvalue weighted by atomic mass is 16.6. The molecule has 0 spiro atoms. The Bertz CT molecular complexity index is 407. The van der Waals surface area contributed by atoms with Crippen molar-refractivity contribution in [3.8, 4) is 6.07 Å². The van der Waals surface area contributed by atoms with Gasteiger partial charge in [-0.15, -0.1) is 0 Å². The largest absolute Gasteiger partial charge is 0.398 e. The number of benzene rings is 1. The van der Waals surface area contributed by atoms with Crippen molar-refractivity contribution in [1.82, 2.24) is 0 Å². The first-order valence-corrected chi connectivity index (χ1v) is 3.51. The number of rotatable bonds is 1. The molecule has 0 bridgehead atoms. The first-order valence-electron chi connectivity index (χ1n) is 3.51. The molecule has 0 unspecified atom stereocenters. The Morgan fingerprint density at radius 1 is 1.62 bits per heavy atom. The van der Waals surface area contributed by atoms with E-state index in [1.807, 2.05) is 6.07 Å². The third-order valence-electron chi connectivity index (χ3n) is 1.78. The second-order valence-electron chi connectivity index (χ2n) is 2.54. The van der Waals surface area contributed by atoms with Gasteiger partial charge >= 0.3 is 0 Å². The summed E-state index contributed by atoms with van der Waals surface area (Å²) < 4.78 is 0. The predicted octanol–water partition coefficient (Wildman–Crippen LogP) is 1.36. The van der Waals surface area contributed by atoms with Crippen LogP contribution in [0.1, 0.15) is 11.1 Å². The van der Waals surface area contributed by atoms with Gasteiger partial charge in [-0.25, -0.2) is 0 Å². The third-order valence-corrected chi connectivity index (χ3v) is 1.78. The number of nitrogens with zero attached hydrogens (tertiary/aromatic N) is 2. The molecule has 0 aromatic heterocycles. The van der Waals surface area contributed by atoms with Gasteiger partial charge in [0, 0.05) is 11.6 Å². The van der Waals surface area contributed by atoms with Crippen molar-refractivity contribution < 1.29 is 4.92 Å². The zero-order valence-corrected chi connectivity index (χ0v) is 6.94. The monoisotopic (exact) mass is 177 g/mol. The van der Waals surface area contributed by atoms with E-state index in [0.717, 1.165) is 0 Å². The second kappa shape index (κ2) is 3.11. The summed E-state index contributed by atoms with van der Waals surface area (Å²) in [7, 11) is 0. The van der Waals surface area contributed by atoms with Crippen molar-refractivity contribution in [1.29, 1.82) is 5.26 Å². The molecule has 13 heavy (non-hydrogen) atoms. The highest BCUT2D eigenvalue weighted by Gasteiger charge is 2.15. The molecule has 0 saturated carbocycles. The van der Waals surface area contributed by atoms with Gasteiger partial charge < -0.3 is 5.73 Å². The minimum Gasteiger partial charge on any atom is -0.398 e. The van der Waals surface area contributed by atoms with Gasteiger partial charge in [-0.1, -0.05) is 0 Å². The summed E-state index contributed by atoms with van der Waals surface area (Å²) >= 11 is 0. The van der Waals surface area contributed by atoms with Crippen LogP contribution in [-0.4, -0.2) is 4.92 Å². The van der Waals surface area contributed by atoms with E-state index in [1.165, 1.54) is 19.1 Å². The molecule has 0 radical (unpaired) electrons. The van der Waals surface area contributed by atoms with E-state index >= 15 is 0 Å². The molecule has 66 valence electrons. The van der Waals surface area contributed by atoms with Crippen LogP contribution in [0.15, 0.2) is 12.1 Å². The number of hydrogen-bond donors (Lipinski definition) is 1. The SMILES string of the molecule is Cc1c([N+](=O)[O-])ccc(N)c1C#N. The quantitative estimate of drug-likeness (QED) is 0.398. The number of nitro groups is 1. The fourth-order valence-corrected chi connectivity index (χ4v) is 1.07. The lowest BCUT2D eigenvalue weighted by Gasteiger charge is -2.01. The first kappa shape index (κ1) is 9.00. The van der Waals surface area contributed by atoms with E-state index in [0.29, 0.717) is 5.56 Å². The Morgan fingerprint density at radius 3 is 2.69 bits per heavy atom. The topological polar surface area (TPSA) is 92.9 Å². The molecular formula is C8H7N3O2. The molecule has 0 aliphatic carbocycles. The van der Waals surface area contributed by atoms with Crippen molar-refractivity contribution in [3.05, 3.63) is 33.4 Å². The minimum absolute atomic E-state index is 0.0780. The molecule has 0 amide bonds. The second-order valence-corrected chi connectivity index (χ2v) is 2.54. The van der Waals surface area contributed by atoms with Gasteiger partial charge in [0.05, 0.1) is 16.2 Å². The summed E-state index contributed by atoms with van der Waals surface area (Å²) in [6.45, 7) is 1.51. The molecule has 0 aliphatic heterocycles. The molecule has 0 saturated heterocycles. The van der Waals surface area contributed by atoms with Crippen LogP contribution in [0.5, 0.6) is 0 Å². The van der Waals surface area contributed by atoms with Crippen molar-refractivity contribution in [2.75, 3.05) is 5.73 Å². The minimum atomic E-state index is -0.532. The molecule has 0 aliphatic rings. The van der Waals surface area contributed by atoms with E-state index in [9.17, 15) is 10.1 Å². The molecule has 5 heteroatoms. The zero-order chi connectivity index (χ0) is 10.0. The summed E-state index contributed by atoms with van der Waals surface area (Å²) in [5.41, 5.74) is 6.13. The molecule has 1 aromatic carbocycles. The number of anilines is 1. The standard InChI is InChI=1S/C8H7N3O2/c1-5-6(4-9)7(10)2-3-8(5)11(12)13/h2-3H,10H2,1H3. The molecule has 1 rings (SSSR count). The number of nitrogens with two attached hydrogens (primary N) is 1. The number of nitriles is 1. The summed E-state index contributed by atoms with van der Waals surface area (Å²) in [6.07, 6.45) is 0. The summed E-state index contributed by atoms with van der Waals surface area (Å²) in [4.78, 5) is 9.92. The van der Waals surface area contributed by atoms with Crippen molar-refractivity contribution >= 4 is 11.4 Å². The molecular weight excluding hydrogens is 170 g/mol. The van der Waals surface area contributed by atoms with Crippen LogP contribution in [0, 0.1) is 28.4 Å². The van der Waals surface area contributed by atoms with E-state index in [-0.39, 0.29) is 16.9 Å². The lowest BCUT2D eigenvalue weighted by Crippen LogP contribution is -1.98. The van der Waals surface area contributed by atoms with Gasteiger partial charge in [0.1, 0.15) is 6.07 Å². The van der Waals surface area contributed by atoms with E-state index < -0.39 is 4.92 Å². The summed E-state index contributed by atoms with van der Waals surface area (Å²) in [5, 5.41) is 19.1. The summed E-state index contributed by atoms with van der Waals surface area (Å²) in [6, 6.07) is 4.49. The Morgan fingerprint density at radius 2 is 2.23 bits per heavy atom.